The monoisotopic (exact) mass is 296 g/mol. The quantitative estimate of drug-likeness (QED) is 0.803. The maximum absolute atomic E-state index is 12.2. The number of hydrogen-bond acceptors (Lipinski definition) is 4. The summed E-state index contributed by atoms with van der Waals surface area (Å²) in [5.41, 5.74) is 1.07. The van der Waals surface area contributed by atoms with Gasteiger partial charge in [0.2, 0.25) is 0 Å². The molecule has 0 fully saturated rings. The van der Waals surface area contributed by atoms with Crippen molar-refractivity contribution in [3.05, 3.63) is 65.9 Å². The number of aryl methyl sites for hydroxylation is 1. The Morgan fingerprint density at radius 3 is 2.68 bits per heavy atom. The normalized spacial score (nSPS) is 12.1. The van der Waals surface area contributed by atoms with Gasteiger partial charge in [-0.1, -0.05) is 18.2 Å². The van der Waals surface area contributed by atoms with Crippen LogP contribution in [0.15, 0.2) is 53.1 Å². The van der Waals surface area contributed by atoms with Crippen LogP contribution in [-0.2, 0) is 0 Å². The van der Waals surface area contributed by atoms with Gasteiger partial charge in [0, 0.05) is 0 Å². The minimum absolute atomic E-state index is 0.233. The van der Waals surface area contributed by atoms with Crippen LogP contribution in [0.25, 0.3) is 5.69 Å². The molecule has 0 aliphatic carbocycles. The molecule has 0 radical (unpaired) electrons. The number of hydrogen-bond donors (Lipinski definition) is 1. The van der Waals surface area contributed by atoms with Crippen molar-refractivity contribution in [1.82, 2.24) is 20.3 Å². The van der Waals surface area contributed by atoms with Crippen molar-refractivity contribution in [3.8, 4) is 5.69 Å². The zero-order chi connectivity index (χ0) is 15.5. The van der Waals surface area contributed by atoms with E-state index in [0.29, 0.717) is 5.76 Å². The zero-order valence-electron chi connectivity index (χ0n) is 12.4. The summed E-state index contributed by atoms with van der Waals surface area (Å²) in [6.07, 6.45) is 1.45. The second kappa shape index (κ2) is 5.85. The number of furan rings is 1. The highest BCUT2D eigenvalue weighted by Crippen LogP contribution is 2.16. The minimum Gasteiger partial charge on any atom is -0.464 e. The topological polar surface area (TPSA) is 73.0 Å². The standard InChI is InChI=1S/C16H16N4O2/c1-11-8-9-15(22-11)12(2)18-16(21)14-10-17-20(19-14)13-6-4-3-5-7-13/h3-10,12H,1-2H3,(H,18,21)/t12-/m0/s1. The van der Waals surface area contributed by atoms with Crippen molar-refractivity contribution in [3.63, 3.8) is 0 Å². The van der Waals surface area contributed by atoms with Crippen LogP contribution in [0.5, 0.6) is 0 Å². The first-order valence-electron chi connectivity index (χ1n) is 6.98. The first-order valence-corrected chi connectivity index (χ1v) is 6.98. The van der Waals surface area contributed by atoms with E-state index in [-0.39, 0.29) is 17.6 Å². The molecule has 1 aromatic carbocycles. The fraction of sp³-hybridized carbons (Fsp3) is 0.188. The molecule has 0 spiro atoms. The van der Waals surface area contributed by atoms with E-state index in [9.17, 15) is 4.79 Å². The number of rotatable bonds is 4. The van der Waals surface area contributed by atoms with Gasteiger partial charge in [0.1, 0.15) is 11.5 Å². The van der Waals surface area contributed by atoms with E-state index < -0.39 is 0 Å². The number of benzene rings is 1. The van der Waals surface area contributed by atoms with Crippen LogP contribution in [0.4, 0.5) is 0 Å². The first-order chi connectivity index (χ1) is 10.6. The smallest absolute Gasteiger partial charge is 0.274 e. The number of para-hydroxylation sites is 1. The highest BCUT2D eigenvalue weighted by Gasteiger charge is 2.17. The number of carbonyl (C=O) groups is 1. The van der Waals surface area contributed by atoms with Crippen molar-refractivity contribution in [2.45, 2.75) is 19.9 Å². The van der Waals surface area contributed by atoms with Crippen molar-refractivity contribution in [2.24, 2.45) is 0 Å². The maximum Gasteiger partial charge on any atom is 0.274 e. The fourth-order valence-corrected chi connectivity index (χ4v) is 2.08. The minimum atomic E-state index is -0.288. The molecule has 6 heteroatoms. The van der Waals surface area contributed by atoms with Gasteiger partial charge in [-0.2, -0.15) is 9.90 Å². The van der Waals surface area contributed by atoms with Crippen molar-refractivity contribution in [2.75, 3.05) is 0 Å². The molecule has 2 heterocycles. The van der Waals surface area contributed by atoms with Crippen molar-refractivity contribution >= 4 is 5.91 Å². The summed E-state index contributed by atoms with van der Waals surface area (Å²) < 4.78 is 5.50. The van der Waals surface area contributed by atoms with Crippen molar-refractivity contribution in [1.29, 1.82) is 0 Å². The number of aromatic nitrogens is 3. The van der Waals surface area contributed by atoms with Crippen LogP contribution in [-0.4, -0.2) is 20.9 Å². The highest BCUT2D eigenvalue weighted by molar-refractivity contribution is 5.92. The summed E-state index contributed by atoms with van der Waals surface area (Å²) in [5, 5.41) is 11.2. The zero-order valence-corrected chi connectivity index (χ0v) is 12.4. The van der Waals surface area contributed by atoms with E-state index in [1.807, 2.05) is 56.3 Å². The van der Waals surface area contributed by atoms with E-state index in [2.05, 4.69) is 15.5 Å². The Morgan fingerprint density at radius 1 is 1.23 bits per heavy atom. The summed E-state index contributed by atoms with van der Waals surface area (Å²) in [6, 6.07) is 12.9. The summed E-state index contributed by atoms with van der Waals surface area (Å²) in [5.74, 6) is 1.23. The van der Waals surface area contributed by atoms with Gasteiger partial charge in [-0.25, -0.2) is 0 Å². The van der Waals surface area contributed by atoms with Crippen LogP contribution >= 0.6 is 0 Å². The Hall–Kier alpha value is -2.89. The predicted molar refractivity (Wildman–Crippen MR) is 80.7 cm³/mol. The number of nitrogens with one attached hydrogen (secondary N) is 1. The van der Waals surface area contributed by atoms with Gasteiger partial charge >= 0.3 is 0 Å². The van der Waals surface area contributed by atoms with Crippen LogP contribution < -0.4 is 5.32 Å². The van der Waals surface area contributed by atoms with E-state index in [0.717, 1.165) is 11.4 Å². The van der Waals surface area contributed by atoms with Gasteiger partial charge in [0.05, 0.1) is 17.9 Å². The van der Waals surface area contributed by atoms with E-state index >= 15 is 0 Å². The van der Waals surface area contributed by atoms with Crippen LogP contribution in [0.3, 0.4) is 0 Å². The molecule has 0 aliphatic rings. The van der Waals surface area contributed by atoms with Gasteiger partial charge in [-0.3, -0.25) is 4.79 Å². The molecule has 1 amide bonds. The van der Waals surface area contributed by atoms with Gasteiger partial charge in [-0.05, 0) is 38.1 Å². The average Bonchev–Trinajstić information content (AvgIpc) is 3.17. The first kappa shape index (κ1) is 14.1. The second-order valence-corrected chi connectivity index (χ2v) is 5.00. The van der Waals surface area contributed by atoms with E-state index in [1.165, 1.54) is 11.0 Å². The molecule has 3 aromatic rings. The molecular formula is C16H16N4O2. The molecule has 0 unspecified atom stereocenters. The highest BCUT2D eigenvalue weighted by atomic mass is 16.3. The lowest BCUT2D eigenvalue weighted by atomic mass is 10.2. The van der Waals surface area contributed by atoms with Crippen LogP contribution in [0, 0.1) is 6.92 Å². The number of amides is 1. The molecule has 0 saturated heterocycles. The summed E-state index contributed by atoms with van der Waals surface area (Å²) in [7, 11) is 0. The SMILES string of the molecule is Cc1ccc([C@H](C)NC(=O)c2cnn(-c3ccccc3)n2)o1. The largest absolute Gasteiger partial charge is 0.464 e. The van der Waals surface area contributed by atoms with Crippen LogP contribution in [0.2, 0.25) is 0 Å². The predicted octanol–water partition coefficient (Wildman–Crippen LogP) is 2.66. The molecule has 2 aromatic heterocycles. The molecule has 1 atom stereocenters. The summed E-state index contributed by atoms with van der Waals surface area (Å²) >= 11 is 0. The van der Waals surface area contributed by atoms with Gasteiger partial charge in [0.25, 0.3) is 5.91 Å². The molecule has 6 nitrogen and oxygen atoms in total. The van der Waals surface area contributed by atoms with Gasteiger partial charge < -0.3 is 9.73 Å². The molecule has 0 saturated carbocycles. The molecule has 22 heavy (non-hydrogen) atoms. The summed E-state index contributed by atoms with van der Waals surface area (Å²) in [6.45, 7) is 3.72. The van der Waals surface area contributed by atoms with Gasteiger partial charge in [0.15, 0.2) is 5.69 Å². The van der Waals surface area contributed by atoms with Crippen LogP contribution in [0.1, 0.15) is 35.0 Å². The van der Waals surface area contributed by atoms with Gasteiger partial charge in [-0.15, -0.1) is 5.10 Å². The third-order valence-electron chi connectivity index (χ3n) is 3.25. The maximum atomic E-state index is 12.2. The fourth-order valence-electron chi connectivity index (χ4n) is 2.08. The molecule has 0 bridgehead atoms. The average molecular weight is 296 g/mol. The number of carbonyl (C=O) groups excluding carboxylic acids is 1. The molecular weight excluding hydrogens is 280 g/mol. The van der Waals surface area contributed by atoms with E-state index in [1.54, 1.807) is 0 Å². The molecule has 112 valence electrons. The third-order valence-corrected chi connectivity index (χ3v) is 3.25. The summed E-state index contributed by atoms with van der Waals surface area (Å²) in [4.78, 5) is 13.6. The Morgan fingerprint density at radius 2 is 2.00 bits per heavy atom. The molecule has 0 aliphatic heterocycles. The Labute approximate surface area is 127 Å². The lowest BCUT2D eigenvalue weighted by Gasteiger charge is -2.09. The molecule has 1 N–H and O–H groups in total. The Balaban J connectivity index is 1.72. The Bertz CT molecular complexity index is 776. The lowest BCUT2D eigenvalue weighted by Crippen LogP contribution is -2.26. The lowest BCUT2D eigenvalue weighted by molar-refractivity contribution is 0.0929. The van der Waals surface area contributed by atoms with Crippen molar-refractivity contribution < 1.29 is 9.21 Å². The number of nitrogens with zero attached hydrogens (tertiary/aromatic N) is 3. The van der Waals surface area contributed by atoms with E-state index in [4.69, 9.17) is 4.42 Å². The Kier molecular flexibility index (Phi) is 3.74. The third kappa shape index (κ3) is 2.90. The molecule has 3 rings (SSSR count). The second-order valence-electron chi connectivity index (χ2n) is 5.00.